The van der Waals surface area contributed by atoms with Gasteiger partial charge in [-0.2, -0.15) is 0 Å². The zero-order chi connectivity index (χ0) is 14.7. The van der Waals surface area contributed by atoms with E-state index in [1.807, 2.05) is 12.1 Å². The van der Waals surface area contributed by atoms with E-state index in [-0.39, 0.29) is 6.61 Å². The van der Waals surface area contributed by atoms with Crippen LogP contribution >= 0.6 is 0 Å². The minimum atomic E-state index is 0.239. The highest BCUT2D eigenvalue weighted by Crippen LogP contribution is 2.34. The highest BCUT2D eigenvalue weighted by Gasteiger charge is 2.26. The summed E-state index contributed by atoms with van der Waals surface area (Å²) in [5, 5.41) is 9.10. The number of nitrogen functional groups attached to an aromatic ring is 1. The third-order valence-electron chi connectivity index (χ3n) is 4.38. The van der Waals surface area contributed by atoms with Crippen LogP contribution in [0.2, 0.25) is 0 Å². The fourth-order valence-electron chi connectivity index (χ4n) is 3.08. The molecule has 0 unspecified atom stereocenters. The number of anilines is 1. The Morgan fingerprint density at radius 2 is 2.19 bits per heavy atom. The SMILES string of the molecule is Nc1cc2c(c(CN(CCCO)C3CCC3)c1)OCOC2. The molecule has 0 radical (unpaired) electrons. The van der Waals surface area contributed by atoms with Gasteiger partial charge >= 0.3 is 0 Å². The molecule has 1 aliphatic heterocycles. The van der Waals surface area contributed by atoms with Crippen molar-refractivity contribution in [1.29, 1.82) is 0 Å². The van der Waals surface area contributed by atoms with E-state index in [1.54, 1.807) is 0 Å². The van der Waals surface area contributed by atoms with Gasteiger partial charge in [0.1, 0.15) is 5.75 Å². The second-order valence-electron chi connectivity index (χ2n) is 5.91. The number of hydrogen-bond acceptors (Lipinski definition) is 5. The lowest BCUT2D eigenvalue weighted by Gasteiger charge is -2.38. The first-order valence-electron chi connectivity index (χ1n) is 7.74. The first-order valence-corrected chi connectivity index (χ1v) is 7.74. The lowest BCUT2D eigenvalue weighted by atomic mass is 9.90. The molecule has 1 saturated carbocycles. The Labute approximate surface area is 125 Å². The second kappa shape index (κ2) is 6.64. The zero-order valence-corrected chi connectivity index (χ0v) is 12.4. The summed E-state index contributed by atoms with van der Waals surface area (Å²) in [6.45, 7) is 2.86. The van der Waals surface area contributed by atoms with Crippen LogP contribution in [0.3, 0.4) is 0 Å². The molecule has 1 aliphatic carbocycles. The fraction of sp³-hybridized carbons (Fsp3) is 0.625. The van der Waals surface area contributed by atoms with Crippen LogP contribution in [0, 0.1) is 0 Å². The molecule has 1 heterocycles. The maximum absolute atomic E-state index is 9.10. The van der Waals surface area contributed by atoms with E-state index in [4.69, 9.17) is 20.3 Å². The number of aliphatic hydroxyl groups is 1. The molecule has 116 valence electrons. The van der Waals surface area contributed by atoms with Crippen molar-refractivity contribution in [1.82, 2.24) is 4.90 Å². The predicted molar refractivity (Wildman–Crippen MR) is 80.9 cm³/mol. The topological polar surface area (TPSA) is 68.0 Å². The Bertz CT molecular complexity index is 489. The molecule has 21 heavy (non-hydrogen) atoms. The van der Waals surface area contributed by atoms with Crippen LogP contribution in [0.25, 0.3) is 0 Å². The van der Waals surface area contributed by atoms with Crippen LogP contribution in [0.15, 0.2) is 12.1 Å². The van der Waals surface area contributed by atoms with Crippen molar-refractivity contribution >= 4 is 5.69 Å². The van der Waals surface area contributed by atoms with E-state index in [1.165, 1.54) is 19.3 Å². The predicted octanol–water partition coefficient (Wildman–Crippen LogP) is 1.87. The average molecular weight is 292 g/mol. The van der Waals surface area contributed by atoms with E-state index in [0.717, 1.165) is 42.1 Å². The largest absolute Gasteiger partial charge is 0.467 e. The van der Waals surface area contributed by atoms with Crippen LogP contribution < -0.4 is 10.5 Å². The molecule has 3 N–H and O–H groups in total. The third-order valence-corrected chi connectivity index (χ3v) is 4.38. The molecule has 1 aromatic rings. The Balaban J connectivity index is 1.79. The standard InChI is InChI=1S/C16H24N2O3/c17-14-7-12(16-13(8-14)10-20-11-21-16)9-18(5-2-6-19)15-3-1-4-15/h7-8,15,19H,1-6,9-11,17H2. The highest BCUT2D eigenvalue weighted by atomic mass is 16.7. The molecule has 2 aliphatic rings. The van der Waals surface area contributed by atoms with Gasteiger partial charge in [-0.15, -0.1) is 0 Å². The first-order chi connectivity index (χ1) is 10.3. The van der Waals surface area contributed by atoms with Crippen LogP contribution in [0.1, 0.15) is 36.8 Å². The van der Waals surface area contributed by atoms with Crippen molar-refractivity contribution in [3.63, 3.8) is 0 Å². The molecule has 0 bridgehead atoms. The molecule has 5 heteroatoms. The number of benzene rings is 1. The Morgan fingerprint density at radius 1 is 1.33 bits per heavy atom. The summed E-state index contributed by atoms with van der Waals surface area (Å²) in [5.74, 6) is 0.934. The fourth-order valence-corrected chi connectivity index (χ4v) is 3.08. The van der Waals surface area contributed by atoms with Crippen molar-refractivity contribution in [2.24, 2.45) is 0 Å². The Kier molecular flexibility index (Phi) is 4.63. The van der Waals surface area contributed by atoms with E-state index >= 15 is 0 Å². The quantitative estimate of drug-likeness (QED) is 0.784. The minimum absolute atomic E-state index is 0.239. The van der Waals surface area contributed by atoms with Crippen LogP contribution in [0.4, 0.5) is 5.69 Å². The molecular formula is C16H24N2O3. The molecule has 3 rings (SSSR count). The van der Waals surface area contributed by atoms with Gasteiger partial charge in [0, 0.05) is 42.6 Å². The average Bonchev–Trinajstić information content (AvgIpc) is 2.42. The van der Waals surface area contributed by atoms with Crippen molar-refractivity contribution in [3.8, 4) is 5.75 Å². The number of nitrogens with zero attached hydrogens (tertiary/aromatic N) is 1. The third kappa shape index (κ3) is 3.31. The van der Waals surface area contributed by atoms with Gasteiger partial charge in [0.25, 0.3) is 0 Å². The Morgan fingerprint density at radius 3 is 2.90 bits per heavy atom. The molecular weight excluding hydrogens is 268 g/mol. The van der Waals surface area contributed by atoms with Gasteiger partial charge in [-0.3, -0.25) is 4.90 Å². The normalized spacial score (nSPS) is 18.2. The van der Waals surface area contributed by atoms with Gasteiger partial charge < -0.3 is 20.3 Å². The van der Waals surface area contributed by atoms with Crippen molar-refractivity contribution in [3.05, 3.63) is 23.3 Å². The number of aliphatic hydroxyl groups excluding tert-OH is 1. The van der Waals surface area contributed by atoms with Gasteiger partial charge in [0.15, 0.2) is 6.79 Å². The lowest BCUT2D eigenvalue weighted by Crippen LogP contribution is -2.40. The van der Waals surface area contributed by atoms with E-state index in [2.05, 4.69) is 4.90 Å². The van der Waals surface area contributed by atoms with Crippen molar-refractivity contribution in [2.45, 2.75) is 44.9 Å². The second-order valence-corrected chi connectivity index (χ2v) is 5.91. The van der Waals surface area contributed by atoms with E-state index < -0.39 is 0 Å². The zero-order valence-electron chi connectivity index (χ0n) is 12.4. The first kappa shape index (κ1) is 14.6. The van der Waals surface area contributed by atoms with E-state index in [9.17, 15) is 0 Å². The summed E-state index contributed by atoms with van der Waals surface area (Å²) in [4.78, 5) is 2.45. The maximum Gasteiger partial charge on any atom is 0.189 e. The van der Waals surface area contributed by atoms with E-state index in [0.29, 0.717) is 19.4 Å². The van der Waals surface area contributed by atoms with Gasteiger partial charge in [0.05, 0.1) is 6.61 Å². The smallest absolute Gasteiger partial charge is 0.189 e. The monoisotopic (exact) mass is 292 g/mol. The number of rotatable bonds is 6. The molecule has 0 amide bonds. The van der Waals surface area contributed by atoms with Gasteiger partial charge in [-0.1, -0.05) is 6.42 Å². The molecule has 1 aromatic carbocycles. The summed E-state index contributed by atoms with van der Waals surface area (Å²) in [5.41, 5.74) is 8.94. The molecule has 0 atom stereocenters. The minimum Gasteiger partial charge on any atom is -0.467 e. The van der Waals surface area contributed by atoms with Gasteiger partial charge in [0.2, 0.25) is 0 Å². The Hall–Kier alpha value is -1.30. The number of fused-ring (bicyclic) bond motifs is 1. The molecule has 5 nitrogen and oxygen atoms in total. The summed E-state index contributed by atoms with van der Waals surface area (Å²) in [6, 6.07) is 4.57. The number of ether oxygens (including phenoxy) is 2. The molecule has 0 saturated heterocycles. The summed E-state index contributed by atoms with van der Waals surface area (Å²) >= 11 is 0. The number of nitrogens with two attached hydrogens (primary N) is 1. The highest BCUT2D eigenvalue weighted by molar-refractivity contribution is 5.53. The summed E-state index contributed by atoms with van der Waals surface area (Å²) in [7, 11) is 0. The van der Waals surface area contributed by atoms with Crippen molar-refractivity contribution in [2.75, 3.05) is 25.7 Å². The van der Waals surface area contributed by atoms with Crippen LogP contribution in [-0.2, 0) is 17.9 Å². The summed E-state index contributed by atoms with van der Waals surface area (Å²) < 4.78 is 11.0. The molecule has 0 aromatic heterocycles. The number of hydrogen-bond donors (Lipinski definition) is 2. The van der Waals surface area contributed by atoms with Gasteiger partial charge in [-0.05, 0) is 31.4 Å². The van der Waals surface area contributed by atoms with Crippen molar-refractivity contribution < 1.29 is 14.6 Å². The van der Waals surface area contributed by atoms with Crippen LogP contribution in [-0.4, -0.2) is 36.0 Å². The lowest BCUT2D eigenvalue weighted by molar-refractivity contribution is -0.0178. The molecule has 1 fully saturated rings. The molecule has 0 spiro atoms. The van der Waals surface area contributed by atoms with Gasteiger partial charge in [-0.25, -0.2) is 0 Å². The summed E-state index contributed by atoms with van der Waals surface area (Å²) in [6.07, 6.45) is 4.62. The maximum atomic E-state index is 9.10. The van der Waals surface area contributed by atoms with Crippen LogP contribution in [0.5, 0.6) is 5.75 Å².